The first-order valence-electron chi connectivity index (χ1n) is 7.47. The Balaban J connectivity index is 1.90. The standard InChI is InChI=1S/C18H16N4O2S/c1-24-18(23)13-9-5-6-10-14(13)22-16-15(19)17(21-11-20-16)25-12-7-3-2-4-8-12/h2-11H,19H2,1H3,(H,20,21,22). The number of ether oxygens (including phenoxy) is 1. The van der Waals surface area contributed by atoms with Gasteiger partial charge in [-0.2, -0.15) is 0 Å². The number of para-hydroxylation sites is 1. The van der Waals surface area contributed by atoms with Crippen molar-refractivity contribution in [3.8, 4) is 0 Å². The van der Waals surface area contributed by atoms with E-state index in [0.29, 0.717) is 27.8 Å². The molecule has 3 N–H and O–H groups in total. The predicted molar refractivity (Wildman–Crippen MR) is 98.1 cm³/mol. The molecule has 0 spiro atoms. The maximum absolute atomic E-state index is 11.9. The van der Waals surface area contributed by atoms with Crippen LogP contribution in [0.4, 0.5) is 17.2 Å². The largest absolute Gasteiger partial charge is 0.465 e. The molecule has 0 aliphatic carbocycles. The molecular weight excluding hydrogens is 336 g/mol. The highest BCUT2D eigenvalue weighted by Gasteiger charge is 2.14. The van der Waals surface area contributed by atoms with Crippen molar-refractivity contribution in [3.05, 3.63) is 66.5 Å². The average Bonchev–Trinajstić information content (AvgIpc) is 2.65. The molecule has 0 aliphatic rings. The highest BCUT2D eigenvalue weighted by Crippen LogP contribution is 2.34. The Kier molecular flexibility index (Phi) is 5.15. The summed E-state index contributed by atoms with van der Waals surface area (Å²) in [5.41, 5.74) is 7.59. The predicted octanol–water partition coefficient (Wildman–Crippen LogP) is 3.74. The smallest absolute Gasteiger partial charge is 0.339 e. The molecule has 3 aromatic rings. The second kappa shape index (κ2) is 7.67. The van der Waals surface area contributed by atoms with Crippen molar-refractivity contribution < 1.29 is 9.53 Å². The van der Waals surface area contributed by atoms with Crippen molar-refractivity contribution in [3.63, 3.8) is 0 Å². The summed E-state index contributed by atoms with van der Waals surface area (Å²) in [5.74, 6) is -0.000559. The molecule has 3 rings (SSSR count). The Labute approximate surface area is 149 Å². The summed E-state index contributed by atoms with van der Waals surface area (Å²) in [6, 6.07) is 16.8. The molecule has 6 nitrogen and oxygen atoms in total. The zero-order valence-corrected chi connectivity index (χ0v) is 14.3. The van der Waals surface area contributed by atoms with Crippen LogP contribution in [0.25, 0.3) is 0 Å². The van der Waals surface area contributed by atoms with Crippen molar-refractivity contribution in [1.82, 2.24) is 9.97 Å². The van der Waals surface area contributed by atoms with Crippen LogP contribution >= 0.6 is 11.8 Å². The summed E-state index contributed by atoms with van der Waals surface area (Å²) in [7, 11) is 1.34. The normalized spacial score (nSPS) is 10.3. The van der Waals surface area contributed by atoms with Gasteiger partial charge in [-0.3, -0.25) is 0 Å². The van der Waals surface area contributed by atoms with E-state index >= 15 is 0 Å². The van der Waals surface area contributed by atoms with E-state index in [1.807, 2.05) is 36.4 Å². The fourth-order valence-corrected chi connectivity index (χ4v) is 2.99. The molecule has 2 aromatic carbocycles. The van der Waals surface area contributed by atoms with E-state index < -0.39 is 5.97 Å². The fraction of sp³-hybridized carbons (Fsp3) is 0.0556. The lowest BCUT2D eigenvalue weighted by atomic mass is 10.2. The maximum Gasteiger partial charge on any atom is 0.339 e. The molecule has 126 valence electrons. The van der Waals surface area contributed by atoms with Crippen LogP contribution in [0, 0.1) is 0 Å². The Morgan fingerprint density at radius 3 is 2.56 bits per heavy atom. The molecule has 0 aliphatic heterocycles. The molecule has 0 bridgehead atoms. The number of nitrogen functional groups attached to an aromatic ring is 1. The van der Waals surface area contributed by atoms with Gasteiger partial charge in [0, 0.05) is 4.90 Å². The van der Waals surface area contributed by atoms with Gasteiger partial charge >= 0.3 is 5.97 Å². The van der Waals surface area contributed by atoms with Gasteiger partial charge in [-0.05, 0) is 24.3 Å². The maximum atomic E-state index is 11.9. The lowest BCUT2D eigenvalue weighted by Crippen LogP contribution is -2.08. The highest BCUT2D eigenvalue weighted by atomic mass is 32.2. The Bertz CT molecular complexity index is 887. The topological polar surface area (TPSA) is 90.1 Å². The van der Waals surface area contributed by atoms with Crippen molar-refractivity contribution in [1.29, 1.82) is 0 Å². The highest BCUT2D eigenvalue weighted by molar-refractivity contribution is 7.99. The second-order valence-electron chi connectivity index (χ2n) is 5.02. The quantitative estimate of drug-likeness (QED) is 0.534. The molecule has 1 aromatic heterocycles. The fourth-order valence-electron chi connectivity index (χ4n) is 2.17. The average molecular weight is 352 g/mol. The number of benzene rings is 2. The first-order valence-corrected chi connectivity index (χ1v) is 8.28. The molecule has 0 saturated carbocycles. The van der Waals surface area contributed by atoms with Crippen molar-refractivity contribution in [2.24, 2.45) is 0 Å². The Hall–Kier alpha value is -3.06. The lowest BCUT2D eigenvalue weighted by Gasteiger charge is -2.13. The minimum Gasteiger partial charge on any atom is -0.465 e. The minimum absolute atomic E-state index is 0.403. The van der Waals surface area contributed by atoms with Crippen LogP contribution in [0.2, 0.25) is 0 Å². The molecule has 1 heterocycles. The van der Waals surface area contributed by atoms with E-state index in [0.717, 1.165) is 4.90 Å². The van der Waals surface area contributed by atoms with Crippen LogP contribution in [0.1, 0.15) is 10.4 Å². The number of nitrogens with zero attached hydrogens (tertiary/aromatic N) is 2. The first-order chi connectivity index (χ1) is 12.2. The van der Waals surface area contributed by atoms with Gasteiger partial charge in [-0.25, -0.2) is 14.8 Å². The molecule has 0 radical (unpaired) electrons. The van der Waals surface area contributed by atoms with E-state index in [1.54, 1.807) is 18.2 Å². The molecule has 0 amide bonds. The second-order valence-corrected chi connectivity index (χ2v) is 6.08. The van der Waals surface area contributed by atoms with Crippen molar-refractivity contribution in [2.45, 2.75) is 9.92 Å². The van der Waals surface area contributed by atoms with Gasteiger partial charge in [0.1, 0.15) is 17.0 Å². The number of carbonyl (C=O) groups excluding carboxylic acids is 1. The SMILES string of the molecule is COC(=O)c1ccccc1Nc1ncnc(Sc2ccccc2)c1N. The number of hydrogen-bond donors (Lipinski definition) is 2. The zero-order chi connectivity index (χ0) is 17.6. The number of carbonyl (C=O) groups is 1. The third-order valence-electron chi connectivity index (χ3n) is 3.39. The van der Waals surface area contributed by atoms with E-state index in [1.165, 1.54) is 25.2 Å². The first kappa shape index (κ1) is 16.8. The molecule has 0 atom stereocenters. The number of nitrogens with two attached hydrogens (primary N) is 1. The number of esters is 1. The number of rotatable bonds is 5. The minimum atomic E-state index is -0.436. The van der Waals surface area contributed by atoms with Gasteiger partial charge < -0.3 is 15.8 Å². The van der Waals surface area contributed by atoms with E-state index in [4.69, 9.17) is 10.5 Å². The molecule has 25 heavy (non-hydrogen) atoms. The monoisotopic (exact) mass is 352 g/mol. The van der Waals surface area contributed by atoms with Crippen LogP contribution in [0.15, 0.2) is 70.8 Å². The molecular formula is C18H16N4O2S. The van der Waals surface area contributed by atoms with Crippen LogP contribution in [0.5, 0.6) is 0 Å². The van der Waals surface area contributed by atoms with Crippen LogP contribution < -0.4 is 11.1 Å². The van der Waals surface area contributed by atoms with Crippen LogP contribution in [-0.4, -0.2) is 23.0 Å². The number of anilines is 3. The third-order valence-corrected chi connectivity index (χ3v) is 4.42. The summed E-state index contributed by atoms with van der Waals surface area (Å²) in [6.45, 7) is 0. The molecule has 7 heteroatoms. The number of aromatic nitrogens is 2. The molecule has 0 fully saturated rings. The van der Waals surface area contributed by atoms with Crippen LogP contribution in [-0.2, 0) is 4.74 Å². The summed E-state index contributed by atoms with van der Waals surface area (Å²) >= 11 is 1.45. The number of methoxy groups -OCH3 is 1. The van der Waals surface area contributed by atoms with Gasteiger partial charge in [-0.1, -0.05) is 42.1 Å². The van der Waals surface area contributed by atoms with E-state index in [2.05, 4.69) is 15.3 Å². The van der Waals surface area contributed by atoms with E-state index in [9.17, 15) is 4.79 Å². The summed E-state index contributed by atoms with van der Waals surface area (Å²) in [6.07, 6.45) is 1.44. The lowest BCUT2D eigenvalue weighted by molar-refractivity contribution is 0.0602. The molecule has 0 unspecified atom stereocenters. The summed E-state index contributed by atoms with van der Waals surface area (Å²) in [5, 5.41) is 3.73. The van der Waals surface area contributed by atoms with Crippen LogP contribution in [0.3, 0.4) is 0 Å². The third kappa shape index (κ3) is 3.89. The summed E-state index contributed by atoms with van der Waals surface area (Å²) < 4.78 is 4.80. The number of hydrogen-bond acceptors (Lipinski definition) is 7. The van der Waals surface area contributed by atoms with Gasteiger partial charge in [0.05, 0.1) is 18.4 Å². The van der Waals surface area contributed by atoms with Crippen molar-refractivity contribution in [2.75, 3.05) is 18.2 Å². The van der Waals surface area contributed by atoms with Crippen molar-refractivity contribution >= 4 is 34.9 Å². The number of nitrogens with one attached hydrogen (secondary N) is 1. The Morgan fingerprint density at radius 2 is 1.80 bits per heavy atom. The molecule has 0 saturated heterocycles. The summed E-state index contributed by atoms with van der Waals surface area (Å²) in [4.78, 5) is 21.3. The zero-order valence-electron chi connectivity index (χ0n) is 13.5. The van der Waals surface area contributed by atoms with Gasteiger partial charge in [-0.15, -0.1) is 0 Å². The van der Waals surface area contributed by atoms with Gasteiger partial charge in [0.25, 0.3) is 0 Å². The van der Waals surface area contributed by atoms with E-state index in [-0.39, 0.29) is 0 Å². The van der Waals surface area contributed by atoms with Gasteiger partial charge in [0.15, 0.2) is 5.82 Å². The van der Waals surface area contributed by atoms with Gasteiger partial charge in [0.2, 0.25) is 0 Å². The Morgan fingerprint density at radius 1 is 1.08 bits per heavy atom.